The van der Waals surface area contributed by atoms with E-state index in [1.807, 2.05) is 12.3 Å². The van der Waals surface area contributed by atoms with Gasteiger partial charge in [-0.3, -0.25) is 0 Å². The molecule has 0 spiro atoms. The topological polar surface area (TPSA) is 37.9 Å². The maximum absolute atomic E-state index is 5.23. The first-order chi connectivity index (χ1) is 9.22. The van der Waals surface area contributed by atoms with Crippen LogP contribution in [0.5, 0.6) is 5.75 Å². The first kappa shape index (κ1) is 15.3. The number of nitrogens with one attached hydrogen (secondary N) is 1. The predicted octanol–water partition coefficient (Wildman–Crippen LogP) is 3.93. The van der Waals surface area contributed by atoms with Gasteiger partial charge in [-0.1, -0.05) is 32.4 Å². The summed E-state index contributed by atoms with van der Waals surface area (Å²) in [5, 5.41) is 0. The van der Waals surface area contributed by atoms with Gasteiger partial charge in [0.25, 0.3) is 0 Å². The minimum absolute atomic E-state index is 0.993. The van der Waals surface area contributed by atoms with Crippen LogP contribution in [0.3, 0.4) is 0 Å². The second-order valence-electron chi connectivity index (χ2n) is 4.38. The minimum atomic E-state index is 0.993. The SMILES string of the molecule is CCCc1cccc(OC)c1C.CCc1ncc[nH]1. The van der Waals surface area contributed by atoms with Crippen LogP contribution in [-0.4, -0.2) is 17.1 Å². The lowest BCUT2D eigenvalue weighted by Gasteiger charge is -2.08. The van der Waals surface area contributed by atoms with Crippen LogP contribution >= 0.6 is 0 Å². The molecule has 0 aliphatic heterocycles. The lowest BCUT2D eigenvalue weighted by Crippen LogP contribution is -1.92. The fraction of sp³-hybridized carbons (Fsp3) is 0.438. The lowest BCUT2D eigenvalue weighted by molar-refractivity contribution is 0.411. The summed E-state index contributed by atoms with van der Waals surface area (Å²) in [6, 6.07) is 6.23. The quantitative estimate of drug-likeness (QED) is 0.904. The highest BCUT2D eigenvalue weighted by atomic mass is 16.5. The summed E-state index contributed by atoms with van der Waals surface area (Å²) in [5.74, 6) is 2.06. The van der Waals surface area contributed by atoms with Gasteiger partial charge < -0.3 is 9.72 Å². The van der Waals surface area contributed by atoms with Gasteiger partial charge in [-0.05, 0) is 30.5 Å². The van der Waals surface area contributed by atoms with E-state index in [4.69, 9.17) is 4.74 Å². The third-order valence-electron chi connectivity index (χ3n) is 3.03. The van der Waals surface area contributed by atoms with E-state index in [2.05, 4.69) is 42.9 Å². The van der Waals surface area contributed by atoms with Crippen molar-refractivity contribution < 1.29 is 4.74 Å². The largest absolute Gasteiger partial charge is 0.496 e. The summed E-state index contributed by atoms with van der Waals surface area (Å²) in [6.07, 6.45) is 6.92. The fourth-order valence-corrected chi connectivity index (χ4v) is 1.91. The number of hydrogen-bond acceptors (Lipinski definition) is 2. The number of nitrogens with zero attached hydrogens (tertiary/aromatic N) is 1. The van der Waals surface area contributed by atoms with Crippen LogP contribution in [0.15, 0.2) is 30.6 Å². The molecule has 19 heavy (non-hydrogen) atoms. The Kier molecular flexibility index (Phi) is 6.72. The highest BCUT2D eigenvalue weighted by Crippen LogP contribution is 2.21. The van der Waals surface area contributed by atoms with Crippen molar-refractivity contribution in [3.63, 3.8) is 0 Å². The number of aromatic amines is 1. The maximum atomic E-state index is 5.23. The van der Waals surface area contributed by atoms with Crippen LogP contribution in [-0.2, 0) is 12.8 Å². The summed E-state index contributed by atoms with van der Waals surface area (Å²) < 4.78 is 5.23. The van der Waals surface area contributed by atoms with Gasteiger partial charge in [0.2, 0.25) is 0 Å². The van der Waals surface area contributed by atoms with Crippen molar-refractivity contribution >= 4 is 0 Å². The Labute approximate surface area is 116 Å². The zero-order chi connectivity index (χ0) is 14.1. The molecule has 0 bridgehead atoms. The zero-order valence-electron chi connectivity index (χ0n) is 12.4. The third-order valence-corrected chi connectivity index (χ3v) is 3.03. The maximum Gasteiger partial charge on any atom is 0.122 e. The summed E-state index contributed by atoms with van der Waals surface area (Å²) in [7, 11) is 1.72. The second kappa shape index (κ2) is 8.35. The molecular formula is C16H24N2O. The molecule has 0 unspecified atom stereocenters. The van der Waals surface area contributed by atoms with Crippen LogP contribution in [0.4, 0.5) is 0 Å². The fourth-order valence-electron chi connectivity index (χ4n) is 1.91. The summed E-state index contributed by atoms with van der Waals surface area (Å²) in [6.45, 7) is 6.38. The lowest BCUT2D eigenvalue weighted by atomic mass is 10.0. The van der Waals surface area contributed by atoms with Crippen molar-refractivity contribution in [2.45, 2.75) is 40.0 Å². The molecular weight excluding hydrogens is 236 g/mol. The van der Waals surface area contributed by atoms with E-state index in [1.165, 1.54) is 17.5 Å². The standard InChI is InChI=1S/C11H16O.C5H8N2/c1-4-6-10-7-5-8-11(12-3)9(10)2;1-2-5-6-3-4-7-5/h5,7-8H,4,6H2,1-3H3;3-4H,2H2,1H3,(H,6,7). The molecule has 0 amide bonds. The van der Waals surface area contributed by atoms with E-state index in [-0.39, 0.29) is 0 Å². The molecule has 2 aromatic rings. The van der Waals surface area contributed by atoms with Crippen molar-refractivity contribution in [1.82, 2.24) is 9.97 Å². The van der Waals surface area contributed by atoms with Crippen molar-refractivity contribution in [3.05, 3.63) is 47.5 Å². The molecule has 0 radical (unpaired) electrons. The Morgan fingerprint density at radius 1 is 1.26 bits per heavy atom. The van der Waals surface area contributed by atoms with Gasteiger partial charge in [-0.2, -0.15) is 0 Å². The summed E-state index contributed by atoms with van der Waals surface area (Å²) in [4.78, 5) is 6.95. The summed E-state index contributed by atoms with van der Waals surface area (Å²) >= 11 is 0. The number of imidazole rings is 1. The first-order valence-electron chi connectivity index (χ1n) is 6.83. The number of benzene rings is 1. The van der Waals surface area contributed by atoms with Crippen LogP contribution in [0.2, 0.25) is 0 Å². The number of aromatic nitrogens is 2. The molecule has 0 saturated heterocycles. The molecule has 3 heteroatoms. The van der Waals surface area contributed by atoms with Gasteiger partial charge in [-0.15, -0.1) is 0 Å². The van der Waals surface area contributed by atoms with E-state index in [0.717, 1.165) is 24.4 Å². The predicted molar refractivity (Wildman–Crippen MR) is 79.7 cm³/mol. The van der Waals surface area contributed by atoms with Crippen LogP contribution < -0.4 is 4.74 Å². The third kappa shape index (κ3) is 4.78. The first-order valence-corrected chi connectivity index (χ1v) is 6.83. The molecule has 1 aromatic carbocycles. The number of rotatable bonds is 4. The number of aryl methyl sites for hydroxylation is 2. The Balaban J connectivity index is 0.000000218. The van der Waals surface area contributed by atoms with Gasteiger partial charge in [-0.25, -0.2) is 4.98 Å². The molecule has 104 valence electrons. The average molecular weight is 260 g/mol. The van der Waals surface area contributed by atoms with Crippen LogP contribution in [0.1, 0.15) is 37.2 Å². The van der Waals surface area contributed by atoms with Crippen molar-refractivity contribution in [2.75, 3.05) is 7.11 Å². The van der Waals surface area contributed by atoms with Gasteiger partial charge in [0, 0.05) is 18.8 Å². The van der Waals surface area contributed by atoms with Crippen molar-refractivity contribution in [3.8, 4) is 5.75 Å². The average Bonchev–Trinajstić information content (AvgIpc) is 2.95. The monoisotopic (exact) mass is 260 g/mol. The minimum Gasteiger partial charge on any atom is -0.496 e. The van der Waals surface area contributed by atoms with E-state index < -0.39 is 0 Å². The Bertz CT molecular complexity index is 464. The number of hydrogen-bond donors (Lipinski definition) is 1. The van der Waals surface area contributed by atoms with Crippen molar-refractivity contribution in [2.24, 2.45) is 0 Å². The molecule has 0 aliphatic rings. The highest BCUT2D eigenvalue weighted by molar-refractivity contribution is 5.39. The molecule has 0 fully saturated rings. The van der Waals surface area contributed by atoms with Gasteiger partial charge >= 0.3 is 0 Å². The van der Waals surface area contributed by atoms with E-state index in [9.17, 15) is 0 Å². The van der Waals surface area contributed by atoms with Crippen molar-refractivity contribution in [1.29, 1.82) is 0 Å². The van der Waals surface area contributed by atoms with E-state index >= 15 is 0 Å². The molecule has 0 atom stereocenters. The van der Waals surface area contributed by atoms with Crippen LogP contribution in [0, 0.1) is 6.92 Å². The highest BCUT2D eigenvalue weighted by Gasteiger charge is 2.01. The molecule has 1 N–H and O–H groups in total. The number of H-pyrrole nitrogens is 1. The van der Waals surface area contributed by atoms with Gasteiger partial charge in [0.15, 0.2) is 0 Å². The number of methoxy groups -OCH3 is 1. The molecule has 0 saturated carbocycles. The van der Waals surface area contributed by atoms with Crippen LogP contribution in [0.25, 0.3) is 0 Å². The smallest absolute Gasteiger partial charge is 0.122 e. The molecule has 1 aromatic heterocycles. The van der Waals surface area contributed by atoms with Gasteiger partial charge in [0.05, 0.1) is 7.11 Å². The second-order valence-corrected chi connectivity index (χ2v) is 4.38. The Morgan fingerprint density at radius 2 is 2.05 bits per heavy atom. The summed E-state index contributed by atoms with van der Waals surface area (Å²) in [5.41, 5.74) is 2.68. The Morgan fingerprint density at radius 3 is 2.53 bits per heavy atom. The van der Waals surface area contributed by atoms with Gasteiger partial charge in [0.1, 0.15) is 11.6 Å². The normalized spacial score (nSPS) is 9.68. The zero-order valence-corrected chi connectivity index (χ0v) is 12.4. The van der Waals surface area contributed by atoms with E-state index in [0.29, 0.717) is 0 Å². The molecule has 0 aliphatic carbocycles. The van der Waals surface area contributed by atoms with E-state index in [1.54, 1.807) is 13.3 Å². The molecule has 1 heterocycles. The Hall–Kier alpha value is -1.77. The molecule has 2 rings (SSSR count). The number of ether oxygens (including phenoxy) is 1. The molecule has 3 nitrogen and oxygen atoms in total.